The number of aromatic nitrogens is 1. The molecule has 8 heteroatoms. The van der Waals surface area contributed by atoms with Gasteiger partial charge in [0.1, 0.15) is 4.90 Å². The van der Waals surface area contributed by atoms with Crippen molar-refractivity contribution in [3.05, 3.63) is 24.5 Å². The van der Waals surface area contributed by atoms with Gasteiger partial charge in [-0.15, -0.1) is 0 Å². The SMILES string of the molecule is O=S(=O)(c1cccnc1)N1CCC2(CC1)OCC[C@H]2CCOCC1CCOCC1. The average molecular weight is 425 g/mol. The fraction of sp³-hybridized carbons (Fsp3) is 0.762. The average Bonchev–Trinajstić information content (AvgIpc) is 3.14. The zero-order valence-electron chi connectivity index (χ0n) is 17.0. The largest absolute Gasteiger partial charge is 0.381 e. The summed E-state index contributed by atoms with van der Waals surface area (Å²) in [6.07, 6.45) is 8.72. The molecule has 1 aromatic heterocycles. The van der Waals surface area contributed by atoms with Crippen LogP contribution >= 0.6 is 0 Å². The van der Waals surface area contributed by atoms with Crippen LogP contribution in [0.4, 0.5) is 0 Å². The number of pyridine rings is 1. The van der Waals surface area contributed by atoms with Crippen molar-refractivity contribution in [1.82, 2.24) is 9.29 Å². The number of piperidine rings is 1. The van der Waals surface area contributed by atoms with Gasteiger partial charge in [-0.05, 0) is 62.5 Å². The van der Waals surface area contributed by atoms with Crippen LogP contribution in [0.3, 0.4) is 0 Å². The Labute approximate surface area is 173 Å². The van der Waals surface area contributed by atoms with Gasteiger partial charge in [0.15, 0.2) is 0 Å². The normalized spacial score (nSPS) is 26.1. The van der Waals surface area contributed by atoms with E-state index >= 15 is 0 Å². The predicted octanol–water partition coefficient (Wildman–Crippen LogP) is 2.47. The van der Waals surface area contributed by atoms with E-state index in [0.29, 0.717) is 24.9 Å². The van der Waals surface area contributed by atoms with Crippen molar-refractivity contribution in [3.8, 4) is 0 Å². The molecular weight excluding hydrogens is 392 g/mol. The van der Waals surface area contributed by atoms with Crippen LogP contribution in [0.1, 0.15) is 38.5 Å². The Morgan fingerprint density at radius 2 is 1.97 bits per heavy atom. The van der Waals surface area contributed by atoms with Crippen molar-refractivity contribution < 1.29 is 22.6 Å². The maximum absolute atomic E-state index is 12.8. The monoisotopic (exact) mass is 424 g/mol. The number of rotatable bonds is 7. The quantitative estimate of drug-likeness (QED) is 0.626. The molecule has 3 aliphatic heterocycles. The Hall–Kier alpha value is -1.06. The first-order valence-electron chi connectivity index (χ1n) is 10.8. The zero-order valence-corrected chi connectivity index (χ0v) is 17.8. The molecule has 29 heavy (non-hydrogen) atoms. The summed E-state index contributed by atoms with van der Waals surface area (Å²) < 4.78 is 44.9. The van der Waals surface area contributed by atoms with E-state index < -0.39 is 10.0 Å². The Morgan fingerprint density at radius 1 is 1.17 bits per heavy atom. The molecule has 0 bridgehead atoms. The van der Waals surface area contributed by atoms with E-state index in [9.17, 15) is 8.42 Å². The van der Waals surface area contributed by atoms with Crippen molar-refractivity contribution in [2.75, 3.05) is 46.1 Å². The molecular formula is C21H32N2O5S. The second kappa shape index (κ2) is 9.39. The third kappa shape index (κ3) is 4.82. The van der Waals surface area contributed by atoms with Crippen LogP contribution in [0.25, 0.3) is 0 Å². The molecule has 0 saturated carbocycles. The number of ether oxygens (including phenoxy) is 3. The summed E-state index contributed by atoms with van der Waals surface area (Å²) >= 11 is 0. The molecule has 0 aliphatic carbocycles. The van der Waals surface area contributed by atoms with Crippen LogP contribution in [0.15, 0.2) is 29.4 Å². The summed E-state index contributed by atoms with van der Waals surface area (Å²) in [4.78, 5) is 4.22. The fourth-order valence-corrected chi connectivity index (χ4v) is 6.29. The van der Waals surface area contributed by atoms with Gasteiger partial charge in [-0.1, -0.05) is 0 Å². The molecule has 4 heterocycles. The van der Waals surface area contributed by atoms with Gasteiger partial charge in [0.2, 0.25) is 10.0 Å². The lowest BCUT2D eigenvalue weighted by Gasteiger charge is -2.41. The Morgan fingerprint density at radius 3 is 2.69 bits per heavy atom. The summed E-state index contributed by atoms with van der Waals surface area (Å²) in [5, 5.41) is 0. The van der Waals surface area contributed by atoms with Gasteiger partial charge < -0.3 is 14.2 Å². The van der Waals surface area contributed by atoms with Crippen LogP contribution in [0, 0.1) is 11.8 Å². The maximum Gasteiger partial charge on any atom is 0.244 e. The number of nitrogens with zero attached hydrogens (tertiary/aromatic N) is 2. The molecule has 1 spiro atoms. The van der Waals surface area contributed by atoms with Crippen LogP contribution in [-0.4, -0.2) is 69.4 Å². The molecule has 7 nitrogen and oxygen atoms in total. The highest BCUT2D eigenvalue weighted by molar-refractivity contribution is 7.89. The van der Waals surface area contributed by atoms with Gasteiger partial charge >= 0.3 is 0 Å². The van der Waals surface area contributed by atoms with Gasteiger partial charge in [0, 0.05) is 58.5 Å². The Balaban J connectivity index is 1.27. The second-order valence-electron chi connectivity index (χ2n) is 8.41. The molecule has 3 fully saturated rings. The maximum atomic E-state index is 12.8. The van der Waals surface area contributed by atoms with Crippen molar-refractivity contribution in [2.45, 2.75) is 49.0 Å². The molecule has 0 amide bonds. The van der Waals surface area contributed by atoms with E-state index in [0.717, 1.165) is 71.6 Å². The minimum absolute atomic E-state index is 0.191. The van der Waals surface area contributed by atoms with Gasteiger partial charge in [0.25, 0.3) is 0 Å². The van der Waals surface area contributed by atoms with Crippen LogP contribution in [0.2, 0.25) is 0 Å². The minimum atomic E-state index is -3.48. The zero-order chi connectivity index (χ0) is 20.2. The lowest BCUT2D eigenvalue weighted by molar-refractivity contribution is -0.0629. The van der Waals surface area contributed by atoms with E-state index in [1.54, 1.807) is 22.6 Å². The summed E-state index contributed by atoms with van der Waals surface area (Å²) in [5.41, 5.74) is -0.191. The molecule has 1 atom stereocenters. The molecule has 0 N–H and O–H groups in total. The molecule has 3 saturated heterocycles. The number of hydrogen-bond acceptors (Lipinski definition) is 6. The summed E-state index contributed by atoms with van der Waals surface area (Å²) in [6, 6.07) is 3.27. The van der Waals surface area contributed by atoms with Gasteiger partial charge in [0.05, 0.1) is 5.60 Å². The molecule has 162 valence electrons. The summed E-state index contributed by atoms with van der Waals surface area (Å²) in [6.45, 7) is 5.04. The van der Waals surface area contributed by atoms with E-state index in [2.05, 4.69) is 4.98 Å². The molecule has 0 radical (unpaired) electrons. The highest BCUT2D eigenvalue weighted by atomic mass is 32.2. The lowest BCUT2D eigenvalue weighted by Crippen LogP contribution is -2.49. The third-order valence-electron chi connectivity index (χ3n) is 6.75. The van der Waals surface area contributed by atoms with E-state index in [1.807, 2.05) is 0 Å². The van der Waals surface area contributed by atoms with E-state index in [-0.39, 0.29) is 10.5 Å². The predicted molar refractivity (Wildman–Crippen MR) is 108 cm³/mol. The van der Waals surface area contributed by atoms with Crippen molar-refractivity contribution in [3.63, 3.8) is 0 Å². The van der Waals surface area contributed by atoms with Crippen LogP contribution < -0.4 is 0 Å². The molecule has 0 aromatic carbocycles. The minimum Gasteiger partial charge on any atom is -0.381 e. The van der Waals surface area contributed by atoms with Crippen molar-refractivity contribution in [1.29, 1.82) is 0 Å². The highest BCUT2D eigenvalue weighted by Gasteiger charge is 2.47. The first-order chi connectivity index (χ1) is 14.1. The Bertz CT molecular complexity index is 744. The molecule has 0 unspecified atom stereocenters. The van der Waals surface area contributed by atoms with Crippen molar-refractivity contribution >= 4 is 10.0 Å². The summed E-state index contributed by atoms with van der Waals surface area (Å²) in [5.74, 6) is 1.07. The van der Waals surface area contributed by atoms with Gasteiger partial charge in [-0.25, -0.2) is 8.42 Å². The number of sulfonamides is 1. The standard InChI is InChI=1S/C21H32N2O5S/c24-29(25,20-2-1-9-22-16-20)23-10-7-21(8-11-23)19(6-15-28-21)5-14-27-17-18-3-12-26-13-4-18/h1-2,9,16,18-19H,3-8,10-15,17H2/t19-/m1/s1. The van der Waals surface area contributed by atoms with Crippen LogP contribution in [0.5, 0.6) is 0 Å². The van der Waals surface area contributed by atoms with E-state index in [4.69, 9.17) is 14.2 Å². The van der Waals surface area contributed by atoms with Crippen LogP contribution in [-0.2, 0) is 24.2 Å². The molecule has 3 aliphatic rings. The van der Waals surface area contributed by atoms with Gasteiger partial charge in [-0.2, -0.15) is 4.31 Å². The Kier molecular flexibility index (Phi) is 6.86. The highest BCUT2D eigenvalue weighted by Crippen LogP contribution is 2.43. The molecule has 4 rings (SSSR count). The summed E-state index contributed by atoms with van der Waals surface area (Å²) in [7, 11) is -3.48. The topological polar surface area (TPSA) is 78.0 Å². The second-order valence-corrected chi connectivity index (χ2v) is 10.3. The smallest absolute Gasteiger partial charge is 0.244 e. The first kappa shape index (κ1) is 21.2. The first-order valence-corrected chi connectivity index (χ1v) is 12.2. The third-order valence-corrected chi connectivity index (χ3v) is 8.63. The molecule has 1 aromatic rings. The van der Waals surface area contributed by atoms with Gasteiger partial charge in [-0.3, -0.25) is 4.98 Å². The lowest BCUT2D eigenvalue weighted by atomic mass is 9.78. The van der Waals surface area contributed by atoms with E-state index in [1.165, 1.54) is 6.20 Å². The number of hydrogen-bond donors (Lipinski definition) is 0. The fourth-order valence-electron chi connectivity index (χ4n) is 4.89. The van der Waals surface area contributed by atoms with Crippen molar-refractivity contribution in [2.24, 2.45) is 11.8 Å².